The SMILES string of the molecule is c1ccc(-c2c[nH]cn2)nc1.c1ccc(-c2c[nH]cn2)nc1. The Bertz CT molecular complexity index is 694. The summed E-state index contributed by atoms with van der Waals surface area (Å²) in [6, 6.07) is 11.5. The van der Waals surface area contributed by atoms with Crippen molar-refractivity contribution in [1.82, 2.24) is 29.9 Å². The van der Waals surface area contributed by atoms with E-state index in [-0.39, 0.29) is 0 Å². The summed E-state index contributed by atoms with van der Waals surface area (Å²) in [6.45, 7) is 0. The lowest BCUT2D eigenvalue weighted by atomic mass is 10.3. The van der Waals surface area contributed by atoms with Crippen LogP contribution in [0.25, 0.3) is 22.8 Å². The number of nitrogens with zero attached hydrogens (tertiary/aromatic N) is 4. The van der Waals surface area contributed by atoms with Crippen LogP contribution in [-0.2, 0) is 0 Å². The van der Waals surface area contributed by atoms with Gasteiger partial charge in [-0.1, -0.05) is 12.1 Å². The molecule has 4 heterocycles. The Kier molecular flexibility index (Phi) is 4.32. The molecule has 0 aliphatic heterocycles. The van der Waals surface area contributed by atoms with Gasteiger partial charge >= 0.3 is 0 Å². The van der Waals surface area contributed by atoms with E-state index in [2.05, 4.69) is 29.9 Å². The second-order valence-corrected chi connectivity index (χ2v) is 4.34. The molecule has 0 atom stereocenters. The van der Waals surface area contributed by atoms with E-state index in [1.54, 1.807) is 25.0 Å². The minimum absolute atomic E-state index is 0.880. The first-order valence-electron chi connectivity index (χ1n) is 6.74. The summed E-state index contributed by atoms with van der Waals surface area (Å²) in [7, 11) is 0. The monoisotopic (exact) mass is 290 g/mol. The van der Waals surface area contributed by atoms with Gasteiger partial charge < -0.3 is 9.97 Å². The Morgan fingerprint density at radius 2 is 1.05 bits per heavy atom. The number of hydrogen-bond acceptors (Lipinski definition) is 4. The van der Waals surface area contributed by atoms with Crippen LogP contribution in [0, 0.1) is 0 Å². The summed E-state index contributed by atoms with van der Waals surface area (Å²) in [6.07, 6.45) is 10.4. The van der Waals surface area contributed by atoms with Crippen LogP contribution in [0.2, 0.25) is 0 Å². The van der Waals surface area contributed by atoms with E-state index in [0.29, 0.717) is 0 Å². The molecular formula is C16H14N6. The van der Waals surface area contributed by atoms with Gasteiger partial charge in [0.05, 0.1) is 24.0 Å². The van der Waals surface area contributed by atoms with Crippen molar-refractivity contribution >= 4 is 0 Å². The van der Waals surface area contributed by atoms with E-state index in [0.717, 1.165) is 22.8 Å². The number of aromatic amines is 2. The molecule has 0 amide bonds. The standard InChI is InChI=1S/2C8H7N3/c2*1-2-4-10-7(3-1)8-5-9-6-11-8/h2*1-6H,(H,9,11). The van der Waals surface area contributed by atoms with Crippen molar-refractivity contribution in [2.45, 2.75) is 0 Å². The topological polar surface area (TPSA) is 83.1 Å². The predicted octanol–water partition coefficient (Wildman–Crippen LogP) is 2.94. The van der Waals surface area contributed by atoms with E-state index in [4.69, 9.17) is 0 Å². The first-order chi connectivity index (χ1) is 10.9. The summed E-state index contributed by atoms with van der Waals surface area (Å²) >= 11 is 0. The third-order valence-corrected chi connectivity index (χ3v) is 2.85. The molecule has 108 valence electrons. The fourth-order valence-corrected chi connectivity index (χ4v) is 1.83. The Morgan fingerprint density at radius 3 is 1.36 bits per heavy atom. The van der Waals surface area contributed by atoms with Gasteiger partial charge in [-0.15, -0.1) is 0 Å². The Balaban J connectivity index is 0.000000131. The normalized spacial score (nSPS) is 9.82. The van der Waals surface area contributed by atoms with Crippen molar-refractivity contribution in [3.63, 3.8) is 0 Å². The maximum absolute atomic E-state index is 4.14. The molecule has 4 aromatic heterocycles. The lowest BCUT2D eigenvalue weighted by molar-refractivity contribution is 1.27. The lowest BCUT2D eigenvalue weighted by Crippen LogP contribution is -1.79. The molecule has 6 heteroatoms. The Morgan fingerprint density at radius 1 is 0.545 bits per heavy atom. The summed E-state index contributed by atoms with van der Waals surface area (Å²) in [5.41, 5.74) is 3.55. The van der Waals surface area contributed by atoms with Crippen molar-refractivity contribution in [2.75, 3.05) is 0 Å². The molecule has 0 fully saturated rings. The molecule has 0 saturated heterocycles. The molecule has 22 heavy (non-hydrogen) atoms. The van der Waals surface area contributed by atoms with Crippen LogP contribution in [0.1, 0.15) is 0 Å². The van der Waals surface area contributed by atoms with Crippen LogP contribution in [0.5, 0.6) is 0 Å². The van der Waals surface area contributed by atoms with Crippen molar-refractivity contribution in [1.29, 1.82) is 0 Å². The largest absolute Gasteiger partial charge is 0.351 e. The second-order valence-electron chi connectivity index (χ2n) is 4.34. The van der Waals surface area contributed by atoms with Gasteiger partial charge in [0.2, 0.25) is 0 Å². The van der Waals surface area contributed by atoms with Crippen molar-refractivity contribution in [3.05, 3.63) is 73.8 Å². The lowest BCUT2D eigenvalue weighted by Gasteiger charge is -1.91. The zero-order valence-electron chi connectivity index (χ0n) is 11.7. The van der Waals surface area contributed by atoms with Crippen LogP contribution in [-0.4, -0.2) is 29.9 Å². The maximum atomic E-state index is 4.14. The van der Waals surface area contributed by atoms with Crippen LogP contribution >= 0.6 is 0 Å². The van der Waals surface area contributed by atoms with Crippen molar-refractivity contribution in [2.24, 2.45) is 0 Å². The zero-order chi connectivity index (χ0) is 15.0. The molecule has 0 aliphatic rings. The molecule has 0 spiro atoms. The van der Waals surface area contributed by atoms with Crippen molar-refractivity contribution < 1.29 is 0 Å². The third kappa shape index (κ3) is 3.43. The van der Waals surface area contributed by atoms with Gasteiger partial charge in [-0.3, -0.25) is 9.97 Å². The van der Waals surface area contributed by atoms with Gasteiger partial charge in [-0.25, -0.2) is 9.97 Å². The summed E-state index contributed by atoms with van der Waals surface area (Å²) in [4.78, 5) is 22.2. The molecule has 2 N–H and O–H groups in total. The number of pyridine rings is 2. The van der Waals surface area contributed by atoms with E-state index in [1.165, 1.54) is 0 Å². The number of nitrogens with one attached hydrogen (secondary N) is 2. The molecule has 0 aliphatic carbocycles. The Hall–Kier alpha value is -3.28. The van der Waals surface area contributed by atoms with E-state index >= 15 is 0 Å². The zero-order valence-corrected chi connectivity index (χ0v) is 11.7. The van der Waals surface area contributed by atoms with Gasteiger partial charge in [0.15, 0.2) is 0 Å². The van der Waals surface area contributed by atoms with Gasteiger partial charge in [-0.05, 0) is 24.3 Å². The number of imidazole rings is 2. The molecule has 4 rings (SSSR count). The molecular weight excluding hydrogens is 276 g/mol. The summed E-state index contributed by atoms with van der Waals surface area (Å²) in [5.74, 6) is 0. The first-order valence-corrected chi connectivity index (χ1v) is 6.74. The van der Waals surface area contributed by atoms with Crippen LogP contribution in [0.3, 0.4) is 0 Å². The highest BCUT2D eigenvalue weighted by atomic mass is 14.9. The predicted molar refractivity (Wildman–Crippen MR) is 83.6 cm³/mol. The fraction of sp³-hybridized carbons (Fsp3) is 0. The molecule has 0 radical (unpaired) electrons. The average Bonchev–Trinajstić information content (AvgIpc) is 3.31. The van der Waals surface area contributed by atoms with E-state index in [1.807, 2.05) is 48.8 Å². The van der Waals surface area contributed by atoms with Crippen molar-refractivity contribution in [3.8, 4) is 22.8 Å². The highest BCUT2D eigenvalue weighted by Crippen LogP contribution is 2.10. The first kappa shape index (κ1) is 13.7. The highest BCUT2D eigenvalue weighted by Gasteiger charge is 1.97. The van der Waals surface area contributed by atoms with Crippen LogP contribution < -0.4 is 0 Å². The molecule has 0 unspecified atom stereocenters. The quantitative estimate of drug-likeness (QED) is 0.594. The molecule has 4 aromatic rings. The van der Waals surface area contributed by atoms with Gasteiger partial charge in [0, 0.05) is 24.8 Å². The maximum Gasteiger partial charge on any atom is 0.106 e. The van der Waals surface area contributed by atoms with E-state index < -0.39 is 0 Å². The van der Waals surface area contributed by atoms with Gasteiger partial charge in [-0.2, -0.15) is 0 Å². The smallest absolute Gasteiger partial charge is 0.106 e. The highest BCUT2D eigenvalue weighted by molar-refractivity contribution is 5.52. The number of hydrogen-bond donors (Lipinski definition) is 2. The second kappa shape index (κ2) is 6.94. The van der Waals surface area contributed by atoms with Crippen LogP contribution in [0.4, 0.5) is 0 Å². The summed E-state index contributed by atoms with van der Waals surface area (Å²) < 4.78 is 0. The molecule has 0 bridgehead atoms. The van der Waals surface area contributed by atoms with Gasteiger partial charge in [0.1, 0.15) is 11.4 Å². The number of aromatic nitrogens is 6. The van der Waals surface area contributed by atoms with E-state index in [9.17, 15) is 0 Å². The minimum Gasteiger partial charge on any atom is -0.351 e. The third-order valence-electron chi connectivity index (χ3n) is 2.85. The minimum atomic E-state index is 0.880. The number of rotatable bonds is 2. The summed E-state index contributed by atoms with van der Waals surface area (Å²) in [5, 5.41) is 0. The average molecular weight is 290 g/mol. The molecule has 0 aromatic carbocycles. The van der Waals surface area contributed by atoms with Gasteiger partial charge in [0.25, 0.3) is 0 Å². The number of H-pyrrole nitrogens is 2. The fourth-order valence-electron chi connectivity index (χ4n) is 1.83. The molecule has 6 nitrogen and oxygen atoms in total. The molecule has 0 saturated carbocycles. The van der Waals surface area contributed by atoms with Crippen LogP contribution in [0.15, 0.2) is 73.8 Å². The Labute approximate surface area is 127 Å².